The second kappa shape index (κ2) is 9.57. The minimum Gasteiger partial charge on any atom is -0.436 e. The summed E-state index contributed by atoms with van der Waals surface area (Å²) in [5.41, 5.74) is 0.699. The zero-order valence-electron chi connectivity index (χ0n) is 16.6. The zero-order chi connectivity index (χ0) is 19.8. The smallest absolute Gasteiger partial charge is 0.410 e. The first-order valence-electron chi connectivity index (χ1n) is 10.1. The maximum Gasteiger partial charge on any atom is 0.410 e. The van der Waals surface area contributed by atoms with Crippen LogP contribution in [0.1, 0.15) is 44.6 Å². The number of aromatic nitrogens is 1. The highest BCUT2D eigenvalue weighted by Gasteiger charge is 2.39. The van der Waals surface area contributed by atoms with Gasteiger partial charge in [-0.15, -0.1) is 5.92 Å². The fourth-order valence-corrected chi connectivity index (χ4v) is 4.34. The Morgan fingerprint density at radius 1 is 1.25 bits per heavy atom. The van der Waals surface area contributed by atoms with Crippen LogP contribution in [0.2, 0.25) is 0 Å². The van der Waals surface area contributed by atoms with E-state index in [0.717, 1.165) is 57.3 Å². The van der Waals surface area contributed by atoms with E-state index in [9.17, 15) is 10.1 Å². The molecule has 1 saturated heterocycles. The summed E-state index contributed by atoms with van der Waals surface area (Å²) >= 11 is 0. The Morgan fingerprint density at radius 3 is 2.68 bits per heavy atom. The lowest BCUT2D eigenvalue weighted by Gasteiger charge is -2.40. The van der Waals surface area contributed by atoms with Crippen LogP contribution in [0.4, 0.5) is 4.79 Å². The number of ether oxygens (including phenoxy) is 1. The first kappa shape index (κ1) is 20.2. The number of carbonyl (C=O) groups excluding carboxylic acids is 1. The molecule has 1 aromatic heterocycles. The molecule has 1 amide bonds. The number of nitriles is 1. The molecule has 0 unspecified atom stereocenters. The van der Waals surface area contributed by atoms with E-state index in [1.165, 1.54) is 0 Å². The third kappa shape index (κ3) is 4.64. The van der Waals surface area contributed by atoms with Gasteiger partial charge in [-0.05, 0) is 56.7 Å². The van der Waals surface area contributed by atoms with Crippen LogP contribution in [0.25, 0.3) is 0 Å². The number of hydrogen-bond acceptors (Lipinski definition) is 5. The van der Waals surface area contributed by atoms with Crippen molar-refractivity contribution >= 4 is 6.09 Å². The maximum atomic E-state index is 12.2. The van der Waals surface area contributed by atoms with E-state index in [-0.39, 0.29) is 18.1 Å². The highest BCUT2D eigenvalue weighted by molar-refractivity contribution is 5.67. The van der Waals surface area contributed by atoms with Crippen LogP contribution in [0.15, 0.2) is 24.5 Å². The Morgan fingerprint density at radius 2 is 2.00 bits per heavy atom. The monoisotopic (exact) mass is 380 g/mol. The van der Waals surface area contributed by atoms with Crippen molar-refractivity contribution in [2.75, 3.05) is 32.8 Å². The summed E-state index contributed by atoms with van der Waals surface area (Å²) in [6.07, 6.45) is 7.98. The fourth-order valence-electron chi connectivity index (χ4n) is 4.34. The topological polar surface area (TPSA) is 69.5 Å². The molecule has 0 spiro atoms. The molecule has 0 bridgehead atoms. The number of rotatable bonds is 3. The molecule has 28 heavy (non-hydrogen) atoms. The van der Waals surface area contributed by atoms with Crippen LogP contribution < -0.4 is 0 Å². The summed E-state index contributed by atoms with van der Waals surface area (Å²) in [4.78, 5) is 20.5. The third-order valence-electron chi connectivity index (χ3n) is 6.01. The van der Waals surface area contributed by atoms with Gasteiger partial charge in [0.1, 0.15) is 0 Å². The summed E-state index contributed by atoms with van der Waals surface area (Å²) in [5.74, 6) is 5.49. The molecule has 0 atom stereocenters. The molecule has 2 heterocycles. The number of amides is 1. The fraction of sp³-hybridized carbons (Fsp3) is 0.591. The number of hydrogen-bond donors (Lipinski definition) is 0. The van der Waals surface area contributed by atoms with E-state index >= 15 is 0 Å². The van der Waals surface area contributed by atoms with E-state index in [1.54, 1.807) is 24.2 Å². The van der Waals surface area contributed by atoms with Crippen molar-refractivity contribution in [3.05, 3.63) is 30.1 Å². The lowest BCUT2D eigenvalue weighted by Crippen LogP contribution is -2.44. The van der Waals surface area contributed by atoms with Crippen LogP contribution in [-0.2, 0) is 10.2 Å². The second-order valence-corrected chi connectivity index (χ2v) is 7.52. The Labute approximate surface area is 167 Å². The average Bonchev–Trinajstić information content (AvgIpc) is 3.01. The van der Waals surface area contributed by atoms with Gasteiger partial charge in [0.05, 0.1) is 11.5 Å². The molecule has 6 heteroatoms. The highest BCUT2D eigenvalue weighted by atomic mass is 16.6. The van der Waals surface area contributed by atoms with Crippen molar-refractivity contribution in [3.63, 3.8) is 0 Å². The largest absolute Gasteiger partial charge is 0.436 e. The number of carbonyl (C=O) groups is 1. The predicted molar refractivity (Wildman–Crippen MR) is 106 cm³/mol. The Balaban J connectivity index is 1.54. The maximum absolute atomic E-state index is 12.2. The molecular weight excluding hydrogens is 352 g/mol. The van der Waals surface area contributed by atoms with Crippen molar-refractivity contribution in [1.82, 2.24) is 14.8 Å². The SMILES string of the molecule is CC#CCOC(=O)N1CCCN(C2CCC(C#N)(c3ccncc3)CC2)CC1. The summed E-state index contributed by atoms with van der Waals surface area (Å²) in [6, 6.07) is 7.01. The Kier molecular flexibility index (Phi) is 6.90. The molecule has 1 saturated carbocycles. The van der Waals surface area contributed by atoms with Crippen molar-refractivity contribution in [2.24, 2.45) is 0 Å². The van der Waals surface area contributed by atoms with Gasteiger partial charge >= 0.3 is 6.09 Å². The zero-order valence-corrected chi connectivity index (χ0v) is 16.6. The van der Waals surface area contributed by atoms with E-state index in [2.05, 4.69) is 27.8 Å². The van der Waals surface area contributed by atoms with Gasteiger partial charge < -0.3 is 9.64 Å². The predicted octanol–water partition coefficient (Wildman–Crippen LogP) is 2.95. The molecule has 2 aliphatic rings. The van der Waals surface area contributed by atoms with Crippen molar-refractivity contribution in [3.8, 4) is 17.9 Å². The molecule has 0 radical (unpaired) electrons. The van der Waals surface area contributed by atoms with Gasteiger partial charge in [0.25, 0.3) is 0 Å². The van der Waals surface area contributed by atoms with Gasteiger partial charge in [-0.2, -0.15) is 5.26 Å². The summed E-state index contributed by atoms with van der Waals surface area (Å²) in [5, 5.41) is 9.87. The summed E-state index contributed by atoms with van der Waals surface area (Å²) < 4.78 is 5.20. The van der Waals surface area contributed by atoms with Crippen LogP contribution in [0.5, 0.6) is 0 Å². The second-order valence-electron chi connectivity index (χ2n) is 7.52. The van der Waals surface area contributed by atoms with E-state index in [0.29, 0.717) is 12.6 Å². The summed E-state index contributed by atoms with van der Waals surface area (Å²) in [7, 11) is 0. The van der Waals surface area contributed by atoms with Gasteiger partial charge in [-0.1, -0.05) is 5.92 Å². The molecule has 2 fully saturated rings. The van der Waals surface area contributed by atoms with Crippen LogP contribution in [0, 0.1) is 23.2 Å². The molecule has 0 aromatic carbocycles. The lowest BCUT2D eigenvalue weighted by molar-refractivity contribution is 0.110. The van der Waals surface area contributed by atoms with Crippen LogP contribution >= 0.6 is 0 Å². The Hall–Kier alpha value is -2.57. The van der Waals surface area contributed by atoms with Gasteiger partial charge in [0.15, 0.2) is 6.61 Å². The van der Waals surface area contributed by atoms with Crippen molar-refractivity contribution in [1.29, 1.82) is 5.26 Å². The molecule has 1 aromatic rings. The average molecular weight is 380 g/mol. The molecular formula is C22H28N4O2. The Bertz CT molecular complexity index is 754. The standard InChI is InChI=1S/C22H28N4O2/c1-2-3-17-28-21(27)26-14-4-13-25(15-16-26)20-5-9-22(18-23,10-6-20)19-7-11-24-12-8-19/h7-8,11-12,20H,4-6,9-10,13-17H2,1H3. The third-order valence-corrected chi connectivity index (χ3v) is 6.01. The lowest BCUT2D eigenvalue weighted by atomic mass is 9.69. The molecule has 1 aliphatic carbocycles. The quantitative estimate of drug-likeness (QED) is 0.754. The first-order valence-corrected chi connectivity index (χ1v) is 10.1. The van der Waals surface area contributed by atoms with Crippen LogP contribution in [-0.4, -0.2) is 59.7 Å². The van der Waals surface area contributed by atoms with E-state index < -0.39 is 0 Å². The number of nitrogens with zero attached hydrogens (tertiary/aromatic N) is 4. The van der Waals surface area contributed by atoms with Crippen molar-refractivity contribution < 1.29 is 9.53 Å². The first-order chi connectivity index (χ1) is 13.7. The van der Waals surface area contributed by atoms with Gasteiger partial charge in [0.2, 0.25) is 0 Å². The molecule has 3 rings (SSSR count). The molecule has 148 valence electrons. The van der Waals surface area contributed by atoms with Gasteiger partial charge in [-0.3, -0.25) is 9.88 Å². The molecule has 0 N–H and O–H groups in total. The van der Waals surface area contributed by atoms with Crippen molar-refractivity contribution in [2.45, 2.75) is 50.5 Å². The van der Waals surface area contributed by atoms with Crippen LogP contribution in [0.3, 0.4) is 0 Å². The van der Waals surface area contributed by atoms with Gasteiger partial charge in [-0.25, -0.2) is 4.79 Å². The van der Waals surface area contributed by atoms with Gasteiger partial charge in [0, 0.05) is 44.6 Å². The molecule has 1 aliphatic heterocycles. The number of pyridine rings is 1. The van der Waals surface area contributed by atoms with E-state index in [1.807, 2.05) is 12.1 Å². The summed E-state index contributed by atoms with van der Waals surface area (Å²) in [6.45, 7) is 5.14. The highest BCUT2D eigenvalue weighted by Crippen LogP contribution is 2.40. The minimum atomic E-state index is -0.387. The van der Waals surface area contributed by atoms with E-state index in [4.69, 9.17) is 4.74 Å². The molecule has 6 nitrogen and oxygen atoms in total. The normalized spacial score (nSPS) is 25.7. The minimum absolute atomic E-state index is 0.156.